The van der Waals surface area contributed by atoms with E-state index in [0.29, 0.717) is 38.1 Å². The molecule has 2 aromatic rings. The molecule has 0 N–H and O–H groups in total. The Labute approximate surface area is 177 Å². The van der Waals surface area contributed by atoms with Gasteiger partial charge in [0.2, 0.25) is 0 Å². The van der Waals surface area contributed by atoms with Crippen molar-refractivity contribution in [2.24, 2.45) is 0 Å². The van der Waals surface area contributed by atoms with Crippen LogP contribution >= 0.6 is 12.4 Å². The summed E-state index contributed by atoms with van der Waals surface area (Å²) < 4.78 is 45.8. The molecule has 1 atom stereocenters. The maximum atomic E-state index is 14.1. The van der Waals surface area contributed by atoms with Gasteiger partial charge in [0.1, 0.15) is 35.8 Å². The van der Waals surface area contributed by atoms with Crippen LogP contribution in [0.3, 0.4) is 0 Å². The average Bonchev–Trinajstić information content (AvgIpc) is 2.94. The van der Waals surface area contributed by atoms with Crippen LogP contribution in [-0.2, 0) is 4.79 Å². The van der Waals surface area contributed by atoms with Crippen LogP contribution < -0.4 is 9.64 Å². The molecule has 160 valence electrons. The number of fused-ring (bicyclic) bond motifs is 1. The summed E-state index contributed by atoms with van der Waals surface area (Å²) in [5.41, 5.74) is -0.248. The Balaban J connectivity index is 0.00000256. The van der Waals surface area contributed by atoms with E-state index in [1.165, 1.54) is 29.2 Å². The van der Waals surface area contributed by atoms with Gasteiger partial charge < -0.3 is 9.64 Å². The number of carbonyl (C=O) groups is 2. The van der Waals surface area contributed by atoms with Crippen molar-refractivity contribution in [3.63, 3.8) is 0 Å². The molecule has 2 saturated heterocycles. The molecule has 1 unspecified atom stereocenters. The highest BCUT2D eigenvalue weighted by Crippen LogP contribution is 2.29. The van der Waals surface area contributed by atoms with Gasteiger partial charge in [-0.15, -0.1) is 12.4 Å². The standard InChI is InChI=1S/C20H18F3N3O3.ClH/c21-13-1-4-15(5-2-13)29-10-9-24-7-8-25-18(12-24)19(27)26(20(25)28)17-6-3-14(22)11-16(17)23;/h1-6,11,18H,7-10,12H2;1H. The van der Waals surface area contributed by atoms with Crippen LogP contribution in [0.15, 0.2) is 42.5 Å². The van der Waals surface area contributed by atoms with Gasteiger partial charge in [-0.1, -0.05) is 0 Å². The maximum absolute atomic E-state index is 14.1. The minimum atomic E-state index is -0.962. The van der Waals surface area contributed by atoms with Crippen molar-refractivity contribution in [1.82, 2.24) is 9.80 Å². The first-order valence-electron chi connectivity index (χ1n) is 9.14. The molecule has 0 bridgehead atoms. The molecule has 2 heterocycles. The summed E-state index contributed by atoms with van der Waals surface area (Å²) >= 11 is 0. The summed E-state index contributed by atoms with van der Waals surface area (Å²) in [6, 6.07) is 7.08. The first-order chi connectivity index (χ1) is 13.9. The van der Waals surface area contributed by atoms with Crippen molar-refractivity contribution in [3.8, 4) is 5.75 Å². The minimum Gasteiger partial charge on any atom is -0.492 e. The van der Waals surface area contributed by atoms with Crippen LogP contribution in [-0.4, -0.2) is 60.6 Å². The zero-order valence-electron chi connectivity index (χ0n) is 15.8. The van der Waals surface area contributed by atoms with Gasteiger partial charge in [0.15, 0.2) is 0 Å². The first-order valence-corrected chi connectivity index (χ1v) is 9.14. The minimum absolute atomic E-state index is 0. The normalized spacial score (nSPS) is 19.0. The Hall–Kier alpha value is -2.78. The van der Waals surface area contributed by atoms with Gasteiger partial charge in [0.25, 0.3) is 5.91 Å². The van der Waals surface area contributed by atoms with E-state index in [2.05, 4.69) is 0 Å². The summed E-state index contributed by atoms with van der Waals surface area (Å²) in [6.07, 6.45) is 0. The van der Waals surface area contributed by atoms with Crippen LogP contribution in [0.5, 0.6) is 5.75 Å². The summed E-state index contributed by atoms with van der Waals surface area (Å²) in [7, 11) is 0. The largest absolute Gasteiger partial charge is 0.492 e. The Bertz CT molecular complexity index is 945. The molecule has 0 aromatic heterocycles. The van der Waals surface area contributed by atoms with Gasteiger partial charge >= 0.3 is 6.03 Å². The Morgan fingerprint density at radius 3 is 2.37 bits per heavy atom. The van der Waals surface area contributed by atoms with E-state index in [0.717, 1.165) is 17.0 Å². The highest BCUT2D eigenvalue weighted by Gasteiger charge is 2.48. The maximum Gasteiger partial charge on any atom is 0.332 e. The van der Waals surface area contributed by atoms with Gasteiger partial charge in [0.05, 0.1) is 5.69 Å². The molecular weight excluding hydrogens is 423 g/mol. The number of imide groups is 1. The van der Waals surface area contributed by atoms with Crippen molar-refractivity contribution >= 4 is 30.0 Å². The van der Waals surface area contributed by atoms with E-state index in [1.807, 2.05) is 4.90 Å². The van der Waals surface area contributed by atoms with Crippen molar-refractivity contribution in [2.45, 2.75) is 6.04 Å². The number of urea groups is 1. The van der Waals surface area contributed by atoms with Crippen LogP contribution in [0.2, 0.25) is 0 Å². The fourth-order valence-corrected chi connectivity index (χ4v) is 3.56. The summed E-state index contributed by atoms with van der Waals surface area (Å²) in [5, 5.41) is 0. The van der Waals surface area contributed by atoms with Crippen molar-refractivity contribution < 1.29 is 27.5 Å². The van der Waals surface area contributed by atoms with Gasteiger partial charge in [0, 0.05) is 32.2 Å². The number of hydrogen-bond donors (Lipinski definition) is 0. The predicted molar refractivity (Wildman–Crippen MR) is 105 cm³/mol. The second-order valence-corrected chi connectivity index (χ2v) is 6.86. The fourth-order valence-electron chi connectivity index (χ4n) is 3.56. The molecule has 0 saturated carbocycles. The third-order valence-corrected chi connectivity index (χ3v) is 5.05. The number of carbonyl (C=O) groups excluding carboxylic acids is 2. The Kier molecular flexibility index (Phi) is 6.52. The highest BCUT2D eigenvalue weighted by atomic mass is 35.5. The monoisotopic (exact) mass is 441 g/mol. The lowest BCUT2D eigenvalue weighted by Gasteiger charge is -2.35. The molecule has 0 aliphatic carbocycles. The smallest absolute Gasteiger partial charge is 0.332 e. The number of amides is 3. The molecule has 10 heteroatoms. The molecule has 0 radical (unpaired) electrons. The van der Waals surface area contributed by atoms with Crippen molar-refractivity contribution in [3.05, 3.63) is 59.9 Å². The second kappa shape index (κ2) is 8.93. The number of halogens is 4. The third-order valence-electron chi connectivity index (χ3n) is 5.05. The van der Waals surface area contributed by atoms with Gasteiger partial charge in [-0.05, 0) is 36.4 Å². The Morgan fingerprint density at radius 1 is 0.967 bits per heavy atom. The molecule has 0 spiro atoms. The molecule has 30 heavy (non-hydrogen) atoms. The fraction of sp³-hybridized carbons (Fsp3) is 0.300. The van der Waals surface area contributed by atoms with Crippen LogP contribution in [0.4, 0.5) is 23.7 Å². The van der Waals surface area contributed by atoms with Gasteiger partial charge in [-0.3, -0.25) is 9.69 Å². The van der Waals surface area contributed by atoms with Crippen molar-refractivity contribution in [2.75, 3.05) is 37.7 Å². The summed E-state index contributed by atoms with van der Waals surface area (Å²) in [4.78, 5) is 29.5. The Morgan fingerprint density at radius 2 is 1.67 bits per heavy atom. The van der Waals surface area contributed by atoms with Crippen molar-refractivity contribution in [1.29, 1.82) is 0 Å². The van der Waals surface area contributed by atoms with E-state index in [1.54, 1.807) is 0 Å². The molecule has 6 nitrogen and oxygen atoms in total. The average molecular weight is 442 g/mol. The van der Waals surface area contributed by atoms with E-state index < -0.39 is 29.6 Å². The van der Waals surface area contributed by atoms with Crippen LogP contribution in [0, 0.1) is 17.5 Å². The van der Waals surface area contributed by atoms with E-state index >= 15 is 0 Å². The molecule has 2 aromatic carbocycles. The zero-order valence-corrected chi connectivity index (χ0v) is 16.6. The molecule has 3 amide bonds. The topological polar surface area (TPSA) is 53.1 Å². The van der Waals surface area contributed by atoms with Gasteiger partial charge in [-0.2, -0.15) is 0 Å². The number of benzene rings is 2. The molecule has 2 aliphatic heterocycles. The molecule has 2 aliphatic rings. The SMILES string of the molecule is Cl.O=C1C2CN(CCOc3ccc(F)cc3)CCN2C(=O)N1c1ccc(F)cc1F. The predicted octanol–water partition coefficient (Wildman–Crippen LogP) is 3.06. The number of rotatable bonds is 5. The summed E-state index contributed by atoms with van der Waals surface area (Å²) in [6.45, 7) is 1.97. The zero-order chi connectivity index (χ0) is 20.5. The number of hydrogen-bond acceptors (Lipinski definition) is 4. The summed E-state index contributed by atoms with van der Waals surface area (Å²) in [5.74, 6) is -2.09. The molecule has 2 fully saturated rings. The number of ether oxygens (including phenoxy) is 1. The lowest BCUT2D eigenvalue weighted by Crippen LogP contribution is -2.53. The quantitative estimate of drug-likeness (QED) is 0.669. The lowest BCUT2D eigenvalue weighted by molar-refractivity contribution is -0.121. The van der Waals surface area contributed by atoms with E-state index in [4.69, 9.17) is 4.74 Å². The molecule has 4 rings (SSSR count). The van der Waals surface area contributed by atoms with Crippen LogP contribution in [0.1, 0.15) is 0 Å². The van der Waals surface area contributed by atoms with E-state index in [-0.39, 0.29) is 30.5 Å². The van der Waals surface area contributed by atoms with Gasteiger partial charge in [-0.25, -0.2) is 22.9 Å². The number of nitrogens with zero attached hydrogens (tertiary/aromatic N) is 3. The van der Waals surface area contributed by atoms with E-state index in [9.17, 15) is 22.8 Å². The lowest BCUT2D eigenvalue weighted by atomic mass is 10.2. The highest BCUT2D eigenvalue weighted by molar-refractivity contribution is 6.21. The number of anilines is 1. The number of piperazine rings is 1. The first kappa shape index (κ1) is 21.9. The van der Waals surface area contributed by atoms with Crippen LogP contribution in [0.25, 0.3) is 0 Å². The molecular formula is C20H19ClF3N3O3. The second-order valence-electron chi connectivity index (χ2n) is 6.86. The third kappa shape index (κ3) is 4.22.